The SMILES string of the molecule is [CH2]c1ccccc1OCCOCCOCCOC. The van der Waals surface area contributed by atoms with Gasteiger partial charge in [-0.25, -0.2) is 0 Å². The van der Waals surface area contributed by atoms with Crippen LogP contribution in [0.25, 0.3) is 0 Å². The number of ether oxygens (including phenoxy) is 4. The number of methoxy groups -OCH3 is 1. The second-order valence-electron chi connectivity index (χ2n) is 3.67. The Labute approximate surface area is 109 Å². The predicted molar refractivity (Wildman–Crippen MR) is 69.9 cm³/mol. The third kappa shape index (κ3) is 6.59. The van der Waals surface area contributed by atoms with E-state index in [1.165, 1.54) is 0 Å². The Bertz CT molecular complexity index is 314. The van der Waals surface area contributed by atoms with Crippen molar-refractivity contribution in [2.24, 2.45) is 0 Å². The van der Waals surface area contributed by atoms with Crippen molar-refractivity contribution in [2.45, 2.75) is 0 Å². The monoisotopic (exact) mass is 253 g/mol. The van der Waals surface area contributed by atoms with Crippen LogP contribution in [0.2, 0.25) is 0 Å². The summed E-state index contributed by atoms with van der Waals surface area (Å²) in [5, 5.41) is 0. The molecule has 0 N–H and O–H groups in total. The van der Waals surface area contributed by atoms with Gasteiger partial charge in [0, 0.05) is 7.11 Å². The highest BCUT2D eigenvalue weighted by molar-refractivity contribution is 5.35. The molecular weight excluding hydrogens is 232 g/mol. The van der Waals surface area contributed by atoms with Gasteiger partial charge in [-0.3, -0.25) is 0 Å². The quantitative estimate of drug-likeness (QED) is 0.597. The van der Waals surface area contributed by atoms with Gasteiger partial charge in [0.2, 0.25) is 0 Å². The van der Waals surface area contributed by atoms with Crippen LogP contribution in [0, 0.1) is 6.92 Å². The fourth-order valence-electron chi connectivity index (χ4n) is 1.32. The van der Waals surface area contributed by atoms with Gasteiger partial charge >= 0.3 is 0 Å². The van der Waals surface area contributed by atoms with E-state index in [4.69, 9.17) is 18.9 Å². The smallest absolute Gasteiger partial charge is 0.122 e. The average molecular weight is 253 g/mol. The Morgan fingerprint density at radius 1 is 0.889 bits per heavy atom. The summed E-state index contributed by atoms with van der Waals surface area (Å²) in [6, 6.07) is 7.67. The van der Waals surface area contributed by atoms with Crippen LogP contribution in [0.5, 0.6) is 5.75 Å². The van der Waals surface area contributed by atoms with Gasteiger partial charge in [-0.1, -0.05) is 18.2 Å². The van der Waals surface area contributed by atoms with E-state index in [0.29, 0.717) is 39.6 Å². The van der Waals surface area contributed by atoms with Crippen LogP contribution >= 0.6 is 0 Å². The van der Waals surface area contributed by atoms with E-state index in [0.717, 1.165) is 11.3 Å². The molecule has 0 saturated heterocycles. The first-order valence-electron chi connectivity index (χ1n) is 6.03. The zero-order valence-corrected chi connectivity index (χ0v) is 10.9. The molecular formula is C14H21O4. The second kappa shape index (κ2) is 9.88. The van der Waals surface area contributed by atoms with Gasteiger partial charge in [-0.2, -0.15) is 0 Å². The van der Waals surface area contributed by atoms with Gasteiger partial charge in [0.05, 0.1) is 33.0 Å². The molecule has 4 nitrogen and oxygen atoms in total. The molecule has 0 aliphatic heterocycles. The topological polar surface area (TPSA) is 36.9 Å². The van der Waals surface area contributed by atoms with E-state index in [9.17, 15) is 0 Å². The number of rotatable bonds is 10. The van der Waals surface area contributed by atoms with Crippen molar-refractivity contribution in [3.63, 3.8) is 0 Å². The summed E-state index contributed by atoms with van der Waals surface area (Å²) in [6.07, 6.45) is 0. The number of para-hydroxylation sites is 1. The summed E-state index contributed by atoms with van der Waals surface area (Å²) < 4.78 is 21.0. The molecule has 4 heteroatoms. The molecule has 18 heavy (non-hydrogen) atoms. The molecule has 0 aliphatic rings. The largest absolute Gasteiger partial charge is 0.491 e. The summed E-state index contributed by atoms with van der Waals surface area (Å²) in [4.78, 5) is 0. The van der Waals surface area contributed by atoms with Crippen LogP contribution in [0.3, 0.4) is 0 Å². The van der Waals surface area contributed by atoms with Crippen molar-refractivity contribution in [3.8, 4) is 5.75 Å². The molecule has 0 amide bonds. The first kappa shape index (κ1) is 15.0. The molecule has 1 rings (SSSR count). The standard InChI is InChI=1S/C14H21O4/c1-13-5-3-4-6-14(13)18-12-11-17-10-9-16-8-7-15-2/h3-6H,1,7-12H2,2H3. The lowest BCUT2D eigenvalue weighted by Crippen LogP contribution is -2.12. The summed E-state index contributed by atoms with van der Waals surface area (Å²) in [5.41, 5.74) is 0.889. The summed E-state index contributed by atoms with van der Waals surface area (Å²) in [6.45, 7) is 7.31. The Hall–Kier alpha value is -1.10. The fourth-order valence-corrected chi connectivity index (χ4v) is 1.32. The van der Waals surface area contributed by atoms with Crippen molar-refractivity contribution >= 4 is 0 Å². The zero-order chi connectivity index (χ0) is 13.1. The number of benzene rings is 1. The molecule has 0 aliphatic carbocycles. The minimum Gasteiger partial charge on any atom is -0.491 e. The minimum absolute atomic E-state index is 0.518. The van der Waals surface area contributed by atoms with Crippen molar-refractivity contribution in [1.29, 1.82) is 0 Å². The minimum atomic E-state index is 0.518. The Kier molecular flexibility index (Phi) is 8.21. The van der Waals surface area contributed by atoms with Crippen LogP contribution < -0.4 is 4.74 Å². The highest BCUT2D eigenvalue weighted by atomic mass is 16.6. The lowest BCUT2D eigenvalue weighted by atomic mass is 10.2. The van der Waals surface area contributed by atoms with Gasteiger partial charge in [0.1, 0.15) is 12.4 Å². The van der Waals surface area contributed by atoms with E-state index < -0.39 is 0 Å². The van der Waals surface area contributed by atoms with E-state index in [-0.39, 0.29) is 0 Å². The Morgan fingerprint density at radius 3 is 2.17 bits per heavy atom. The maximum Gasteiger partial charge on any atom is 0.122 e. The normalized spacial score (nSPS) is 10.6. The highest BCUT2D eigenvalue weighted by Crippen LogP contribution is 2.15. The lowest BCUT2D eigenvalue weighted by Gasteiger charge is -2.09. The maximum absolute atomic E-state index is 5.53. The molecule has 0 fully saturated rings. The number of hydrogen-bond donors (Lipinski definition) is 0. The molecule has 101 valence electrons. The van der Waals surface area contributed by atoms with E-state index in [1.807, 2.05) is 24.3 Å². The van der Waals surface area contributed by atoms with Crippen molar-refractivity contribution in [3.05, 3.63) is 36.8 Å². The van der Waals surface area contributed by atoms with Crippen LogP contribution in [0.1, 0.15) is 5.56 Å². The molecule has 0 saturated carbocycles. The molecule has 0 bridgehead atoms. The molecule has 0 heterocycles. The van der Waals surface area contributed by atoms with Gasteiger partial charge in [0.15, 0.2) is 0 Å². The van der Waals surface area contributed by atoms with Crippen LogP contribution in [-0.2, 0) is 14.2 Å². The molecule has 1 aromatic rings. The molecule has 0 atom stereocenters. The first-order chi connectivity index (χ1) is 8.84. The molecule has 0 aromatic heterocycles. The van der Waals surface area contributed by atoms with Crippen LogP contribution in [0.4, 0.5) is 0 Å². The predicted octanol–water partition coefficient (Wildman–Crippen LogP) is 1.93. The van der Waals surface area contributed by atoms with Gasteiger partial charge in [-0.15, -0.1) is 0 Å². The summed E-state index contributed by atoms with van der Waals surface area (Å²) in [5.74, 6) is 0.803. The second-order valence-corrected chi connectivity index (χ2v) is 3.67. The highest BCUT2D eigenvalue weighted by Gasteiger charge is 1.97. The van der Waals surface area contributed by atoms with Crippen molar-refractivity contribution in [1.82, 2.24) is 0 Å². The van der Waals surface area contributed by atoms with Crippen molar-refractivity contribution < 1.29 is 18.9 Å². The summed E-state index contributed by atoms with van der Waals surface area (Å²) in [7, 11) is 1.65. The first-order valence-corrected chi connectivity index (χ1v) is 6.03. The van der Waals surface area contributed by atoms with E-state index in [2.05, 4.69) is 6.92 Å². The van der Waals surface area contributed by atoms with Crippen LogP contribution in [0.15, 0.2) is 24.3 Å². The third-order valence-electron chi connectivity index (χ3n) is 2.26. The van der Waals surface area contributed by atoms with E-state index in [1.54, 1.807) is 7.11 Å². The third-order valence-corrected chi connectivity index (χ3v) is 2.26. The van der Waals surface area contributed by atoms with E-state index >= 15 is 0 Å². The Balaban J connectivity index is 1.94. The van der Waals surface area contributed by atoms with Gasteiger partial charge in [-0.05, 0) is 18.6 Å². The Morgan fingerprint density at radius 2 is 1.50 bits per heavy atom. The molecule has 1 radical (unpaired) electrons. The average Bonchev–Trinajstić information content (AvgIpc) is 2.39. The van der Waals surface area contributed by atoms with Gasteiger partial charge in [0.25, 0.3) is 0 Å². The lowest BCUT2D eigenvalue weighted by molar-refractivity contribution is 0.0179. The zero-order valence-electron chi connectivity index (χ0n) is 10.9. The van der Waals surface area contributed by atoms with Crippen molar-refractivity contribution in [2.75, 3.05) is 46.8 Å². The van der Waals surface area contributed by atoms with Gasteiger partial charge < -0.3 is 18.9 Å². The number of hydrogen-bond acceptors (Lipinski definition) is 4. The molecule has 0 unspecified atom stereocenters. The maximum atomic E-state index is 5.53. The molecule has 1 aromatic carbocycles. The summed E-state index contributed by atoms with van der Waals surface area (Å²) >= 11 is 0. The fraction of sp³-hybridized carbons (Fsp3) is 0.500. The van der Waals surface area contributed by atoms with Crippen LogP contribution in [-0.4, -0.2) is 46.8 Å². The molecule has 0 spiro atoms.